The van der Waals surface area contributed by atoms with Gasteiger partial charge in [-0.3, -0.25) is 5.32 Å². The van der Waals surface area contributed by atoms with Gasteiger partial charge < -0.3 is 10.0 Å². The van der Waals surface area contributed by atoms with Crippen molar-refractivity contribution < 1.29 is 18.3 Å². The summed E-state index contributed by atoms with van der Waals surface area (Å²) in [6, 6.07) is 4.82. The minimum atomic E-state index is -3.17. The molecule has 10 heteroatoms. The Labute approximate surface area is 144 Å². The fraction of sp³-hybridized carbons (Fsp3) is 0.429. The second-order valence-electron chi connectivity index (χ2n) is 5.71. The number of hydrogen-bond acceptors (Lipinski definition) is 5. The number of anilines is 2. The molecule has 0 aliphatic carbocycles. The zero-order valence-corrected chi connectivity index (χ0v) is 14.1. The Bertz CT molecular complexity index is 836. The number of carboxylic acid groups (broad SMARTS) is 1. The molecular formula is C14H15ClN4O4S. The lowest BCUT2D eigenvalue weighted by atomic mass is 10.1. The topological polar surface area (TPSA) is 114 Å². The van der Waals surface area contributed by atoms with Gasteiger partial charge >= 0.3 is 6.09 Å². The van der Waals surface area contributed by atoms with Gasteiger partial charge in [-0.25, -0.2) is 13.2 Å². The van der Waals surface area contributed by atoms with Crippen LogP contribution in [0.5, 0.6) is 0 Å². The van der Waals surface area contributed by atoms with Gasteiger partial charge in [0.05, 0.1) is 33.8 Å². The van der Waals surface area contributed by atoms with Crippen LogP contribution in [0.4, 0.5) is 16.2 Å². The van der Waals surface area contributed by atoms with E-state index in [1.54, 1.807) is 6.07 Å². The number of carbonyl (C=O) groups is 1. The molecule has 0 aromatic heterocycles. The molecule has 1 unspecified atom stereocenters. The second-order valence-corrected chi connectivity index (χ2v) is 8.13. The molecule has 2 saturated heterocycles. The average molecular weight is 371 g/mol. The van der Waals surface area contributed by atoms with Gasteiger partial charge in [0, 0.05) is 25.7 Å². The molecule has 8 nitrogen and oxygen atoms in total. The van der Waals surface area contributed by atoms with E-state index in [0.29, 0.717) is 31.7 Å². The Morgan fingerprint density at radius 1 is 1.42 bits per heavy atom. The van der Waals surface area contributed by atoms with Gasteiger partial charge in [-0.1, -0.05) is 11.6 Å². The molecule has 2 heterocycles. The third-order valence-corrected chi connectivity index (χ3v) is 6.60. The first kappa shape index (κ1) is 16.8. The van der Waals surface area contributed by atoms with Gasteiger partial charge in [-0.2, -0.15) is 9.57 Å². The molecule has 3 rings (SSSR count). The summed E-state index contributed by atoms with van der Waals surface area (Å²) in [5, 5.41) is 20.4. The summed E-state index contributed by atoms with van der Waals surface area (Å²) in [6.07, 6.45) is -0.723. The summed E-state index contributed by atoms with van der Waals surface area (Å²) < 4.78 is 25.4. The molecule has 0 spiro atoms. The highest BCUT2D eigenvalue weighted by Gasteiger charge is 2.41. The minimum absolute atomic E-state index is 0.124. The van der Waals surface area contributed by atoms with Crippen LogP contribution in [0, 0.1) is 11.3 Å². The van der Waals surface area contributed by atoms with Crippen LogP contribution in [0.15, 0.2) is 12.1 Å². The van der Waals surface area contributed by atoms with E-state index in [0.717, 1.165) is 0 Å². The zero-order chi connectivity index (χ0) is 17.5. The summed E-state index contributed by atoms with van der Waals surface area (Å²) in [5.74, 6) is 0.142. The minimum Gasteiger partial charge on any atom is -0.465 e. The van der Waals surface area contributed by atoms with E-state index in [-0.39, 0.29) is 28.1 Å². The van der Waals surface area contributed by atoms with Crippen molar-refractivity contribution >= 4 is 39.1 Å². The van der Waals surface area contributed by atoms with Crippen LogP contribution in [0.2, 0.25) is 5.02 Å². The third-order valence-electron chi connectivity index (χ3n) is 4.26. The molecular weight excluding hydrogens is 356 g/mol. The van der Waals surface area contributed by atoms with E-state index in [4.69, 9.17) is 22.0 Å². The molecule has 1 atom stereocenters. The standard InChI is InChI=1S/C14H15ClN4O4S/c15-13-11(17-14(20)21)5-9(7-16)6-12(13)18-2-3-19-10(8-18)1-4-24(19,22)23/h5-6,10,17H,1-4,8H2,(H,20,21). The Morgan fingerprint density at radius 2 is 2.17 bits per heavy atom. The SMILES string of the molecule is N#Cc1cc(NC(=O)O)c(Cl)c(N2CCN3C(CCS3(=O)=O)C2)c1. The maximum absolute atomic E-state index is 11.9. The highest BCUT2D eigenvalue weighted by Crippen LogP contribution is 2.37. The number of piperazine rings is 1. The van der Waals surface area contributed by atoms with Crippen molar-refractivity contribution in [1.29, 1.82) is 5.26 Å². The largest absolute Gasteiger partial charge is 0.465 e. The van der Waals surface area contributed by atoms with Crippen molar-refractivity contribution in [2.24, 2.45) is 0 Å². The van der Waals surface area contributed by atoms with E-state index >= 15 is 0 Å². The van der Waals surface area contributed by atoms with Crippen molar-refractivity contribution in [3.63, 3.8) is 0 Å². The fourth-order valence-corrected chi connectivity index (χ4v) is 5.24. The quantitative estimate of drug-likeness (QED) is 0.815. The molecule has 0 bridgehead atoms. The van der Waals surface area contributed by atoms with E-state index in [1.165, 1.54) is 10.4 Å². The van der Waals surface area contributed by atoms with Crippen LogP contribution in [0.1, 0.15) is 12.0 Å². The summed E-state index contributed by atoms with van der Waals surface area (Å²) in [6.45, 7) is 1.24. The van der Waals surface area contributed by atoms with E-state index in [2.05, 4.69) is 5.32 Å². The molecule has 2 aliphatic heterocycles. The summed E-state index contributed by atoms with van der Waals surface area (Å²) in [5.41, 5.74) is 0.947. The fourth-order valence-electron chi connectivity index (χ4n) is 3.17. The van der Waals surface area contributed by atoms with Gasteiger partial charge in [0.1, 0.15) is 0 Å². The number of amides is 1. The van der Waals surface area contributed by atoms with E-state index < -0.39 is 16.1 Å². The van der Waals surface area contributed by atoms with Crippen molar-refractivity contribution in [3.8, 4) is 6.07 Å². The summed E-state index contributed by atoms with van der Waals surface area (Å²) in [7, 11) is -3.17. The third kappa shape index (κ3) is 3.00. The van der Waals surface area contributed by atoms with Crippen molar-refractivity contribution in [2.75, 3.05) is 35.6 Å². The number of nitrogens with one attached hydrogen (secondary N) is 1. The molecule has 2 fully saturated rings. The monoisotopic (exact) mass is 370 g/mol. The number of nitrogens with zero attached hydrogens (tertiary/aromatic N) is 3. The number of halogens is 1. The maximum atomic E-state index is 11.9. The van der Waals surface area contributed by atoms with Crippen molar-refractivity contribution in [3.05, 3.63) is 22.7 Å². The number of benzene rings is 1. The maximum Gasteiger partial charge on any atom is 0.409 e. The molecule has 1 amide bonds. The summed E-state index contributed by atoms with van der Waals surface area (Å²) in [4.78, 5) is 12.8. The van der Waals surface area contributed by atoms with Gasteiger partial charge in [-0.15, -0.1) is 0 Å². The lowest BCUT2D eigenvalue weighted by Gasteiger charge is -2.38. The van der Waals surface area contributed by atoms with Crippen LogP contribution >= 0.6 is 11.6 Å². The smallest absolute Gasteiger partial charge is 0.409 e. The Balaban J connectivity index is 1.92. The molecule has 1 aromatic rings. The average Bonchev–Trinajstić information content (AvgIpc) is 2.84. The van der Waals surface area contributed by atoms with Gasteiger partial charge in [0.2, 0.25) is 10.0 Å². The van der Waals surface area contributed by atoms with E-state index in [9.17, 15) is 13.2 Å². The lowest BCUT2D eigenvalue weighted by molar-refractivity contribution is 0.209. The van der Waals surface area contributed by atoms with Crippen molar-refractivity contribution in [2.45, 2.75) is 12.5 Å². The molecule has 0 saturated carbocycles. The van der Waals surface area contributed by atoms with Gasteiger partial charge in [-0.05, 0) is 18.6 Å². The number of rotatable bonds is 2. The number of nitriles is 1. The summed E-state index contributed by atoms with van der Waals surface area (Å²) >= 11 is 6.31. The number of sulfonamides is 1. The van der Waals surface area contributed by atoms with Crippen LogP contribution < -0.4 is 10.2 Å². The normalized spacial score (nSPS) is 22.7. The molecule has 0 radical (unpaired) electrons. The molecule has 1 aromatic carbocycles. The van der Waals surface area contributed by atoms with Crippen LogP contribution in [-0.2, 0) is 10.0 Å². The van der Waals surface area contributed by atoms with Crippen molar-refractivity contribution in [1.82, 2.24) is 4.31 Å². The van der Waals surface area contributed by atoms with Gasteiger partial charge in [0.15, 0.2) is 0 Å². The van der Waals surface area contributed by atoms with Gasteiger partial charge in [0.25, 0.3) is 0 Å². The molecule has 2 aliphatic rings. The second kappa shape index (κ2) is 6.12. The Morgan fingerprint density at radius 3 is 2.83 bits per heavy atom. The predicted octanol–water partition coefficient (Wildman–Crippen LogP) is 1.53. The highest BCUT2D eigenvalue weighted by molar-refractivity contribution is 7.89. The van der Waals surface area contributed by atoms with Crippen LogP contribution in [0.3, 0.4) is 0 Å². The Kier molecular flexibility index (Phi) is 4.29. The van der Waals surface area contributed by atoms with E-state index in [1.807, 2.05) is 11.0 Å². The molecule has 24 heavy (non-hydrogen) atoms. The molecule has 128 valence electrons. The zero-order valence-electron chi connectivity index (χ0n) is 12.6. The number of fused-ring (bicyclic) bond motifs is 1. The van der Waals surface area contributed by atoms with Crippen LogP contribution in [0.25, 0.3) is 0 Å². The first-order chi connectivity index (χ1) is 11.3. The first-order valence-corrected chi connectivity index (χ1v) is 9.28. The highest BCUT2D eigenvalue weighted by atomic mass is 35.5. The number of hydrogen-bond donors (Lipinski definition) is 2. The molecule has 2 N–H and O–H groups in total. The first-order valence-electron chi connectivity index (χ1n) is 7.30. The lowest BCUT2D eigenvalue weighted by Crippen LogP contribution is -2.51. The van der Waals surface area contributed by atoms with Crippen LogP contribution in [-0.4, -0.2) is 55.4 Å². The Hall–Kier alpha value is -2.02. The predicted molar refractivity (Wildman–Crippen MR) is 88.9 cm³/mol.